The van der Waals surface area contributed by atoms with E-state index in [0.29, 0.717) is 5.82 Å². The maximum absolute atomic E-state index is 6.06. The topological polar surface area (TPSA) is 0 Å². The Labute approximate surface area is 156 Å². The van der Waals surface area contributed by atoms with E-state index in [1.807, 2.05) is 0 Å². The van der Waals surface area contributed by atoms with Crippen LogP contribution in [0.25, 0.3) is 0 Å². The predicted molar refractivity (Wildman–Crippen MR) is 108 cm³/mol. The zero-order chi connectivity index (χ0) is 17.1. The Bertz CT molecular complexity index is 512. The van der Waals surface area contributed by atoms with Crippen LogP contribution < -0.4 is 0 Å². The van der Waals surface area contributed by atoms with Crippen LogP contribution in [0.1, 0.15) is 106 Å². The van der Waals surface area contributed by atoms with E-state index < -0.39 is 0 Å². The molecule has 0 unspecified atom stereocenters. The van der Waals surface area contributed by atoms with Gasteiger partial charge in [0.15, 0.2) is 0 Å². The van der Waals surface area contributed by atoms with Crippen LogP contribution in [0, 0.1) is 11.8 Å². The first kappa shape index (κ1) is 17.7. The summed E-state index contributed by atoms with van der Waals surface area (Å²) in [6, 6.07) is 9.78. The third-order valence-corrected chi connectivity index (χ3v) is 7.74. The molecule has 0 amide bonds. The average Bonchev–Trinajstić information content (AvgIpc) is 2.70. The van der Waals surface area contributed by atoms with E-state index in [0.717, 1.165) is 23.7 Å². The van der Waals surface area contributed by atoms with Crippen molar-refractivity contribution in [1.29, 1.82) is 0 Å². The zero-order valence-electron chi connectivity index (χ0n) is 16.0. The minimum absolute atomic E-state index is 0.454. The summed E-state index contributed by atoms with van der Waals surface area (Å²) >= 11 is 0. The highest BCUT2D eigenvalue weighted by atomic mass is 14.3. The molecule has 0 bridgehead atoms. The molecule has 1 aromatic carbocycles. The summed E-state index contributed by atoms with van der Waals surface area (Å²) in [5.74, 6) is 4.15. The fourth-order valence-electron chi connectivity index (χ4n) is 6.02. The SMILES string of the molecule is [B]C1CCC(c2ccc(C3CCC(C4CCCCC4)CC3)cc2)CC1. The molecule has 0 aromatic heterocycles. The first-order chi connectivity index (χ1) is 12.3. The van der Waals surface area contributed by atoms with Crippen LogP contribution in [0.5, 0.6) is 0 Å². The second kappa shape index (κ2) is 8.32. The zero-order valence-corrected chi connectivity index (χ0v) is 16.0. The lowest BCUT2D eigenvalue weighted by Crippen LogP contribution is -2.23. The van der Waals surface area contributed by atoms with E-state index in [1.165, 1.54) is 83.5 Å². The van der Waals surface area contributed by atoms with Crippen LogP contribution in [0.15, 0.2) is 24.3 Å². The van der Waals surface area contributed by atoms with Crippen LogP contribution >= 0.6 is 0 Å². The standard InChI is InChI=1S/C24H35B/c25-24-16-14-23(15-17-24)22-12-10-21(11-13-22)20-8-6-19(7-9-20)18-4-2-1-3-5-18/h10-13,18-20,23-24H,1-9,14-17H2. The molecule has 2 radical (unpaired) electrons. The summed E-state index contributed by atoms with van der Waals surface area (Å²) in [7, 11) is 6.06. The van der Waals surface area contributed by atoms with Gasteiger partial charge in [0.05, 0.1) is 7.85 Å². The van der Waals surface area contributed by atoms with Gasteiger partial charge in [0.2, 0.25) is 0 Å². The van der Waals surface area contributed by atoms with Crippen molar-refractivity contribution in [2.45, 2.75) is 101 Å². The van der Waals surface area contributed by atoms with E-state index in [2.05, 4.69) is 24.3 Å². The molecule has 0 nitrogen and oxygen atoms in total. The van der Waals surface area contributed by atoms with Gasteiger partial charge < -0.3 is 0 Å². The smallest absolute Gasteiger partial charge is 0.0699 e. The number of rotatable bonds is 3. The molecular formula is C24H35B. The van der Waals surface area contributed by atoms with Crippen LogP contribution in [-0.4, -0.2) is 7.85 Å². The largest absolute Gasteiger partial charge is 0.0773 e. The lowest BCUT2D eigenvalue weighted by Gasteiger charge is -2.36. The first-order valence-electron chi connectivity index (χ1n) is 11.1. The van der Waals surface area contributed by atoms with Gasteiger partial charge in [0.1, 0.15) is 0 Å². The van der Waals surface area contributed by atoms with Crippen molar-refractivity contribution >= 4 is 7.85 Å². The average molecular weight is 334 g/mol. The number of benzene rings is 1. The van der Waals surface area contributed by atoms with Crippen LogP contribution in [-0.2, 0) is 0 Å². The summed E-state index contributed by atoms with van der Waals surface area (Å²) in [6.07, 6.45) is 18.3. The third-order valence-electron chi connectivity index (χ3n) is 7.74. The van der Waals surface area contributed by atoms with Gasteiger partial charge >= 0.3 is 0 Å². The van der Waals surface area contributed by atoms with Crippen LogP contribution in [0.4, 0.5) is 0 Å². The van der Waals surface area contributed by atoms with Crippen molar-refractivity contribution in [3.8, 4) is 0 Å². The lowest BCUT2D eigenvalue weighted by molar-refractivity contribution is 0.186. The van der Waals surface area contributed by atoms with Gasteiger partial charge in [-0.05, 0) is 73.3 Å². The van der Waals surface area contributed by atoms with Crippen molar-refractivity contribution in [1.82, 2.24) is 0 Å². The van der Waals surface area contributed by atoms with Crippen molar-refractivity contribution in [3.05, 3.63) is 35.4 Å². The van der Waals surface area contributed by atoms with Crippen molar-refractivity contribution in [2.75, 3.05) is 0 Å². The molecule has 0 aliphatic heterocycles. The molecule has 25 heavy (non-hydrogen) atoms. The fourth-order valence-corrected chi connectivity index (χ4v) is 6.02. The highest BCUT2D eigenvalue weighted by Crippen LogP contribution is 2.43. The summed E-state index contributed by atoms with van der Waals surface area (Å²) < 4.78 is 0. The maximum Gasteiger partial charge on any atom is 0.0699 e. The summed E-state index contributed by atoms with van der Waals surface area (Å²) in [5.41, 5.74) is 3.17. The second-order valence-corrected chi connectivity index (χ2v) is 9.29. The Hall–Kier alpha value is -0.715. The quantitative estimate of drug-likeness (QED) is 0.515. The Morgan fingerprint density at radius 3 is 1.48 bits per heavy atom. The van der Waals surface area contributed by atoms with Crippen molar-refractivity contribution in [3.63, 3.8) is 0 Å². The molecule has 4 rings (SSSR count). The van der Waals surface area contributed by atoms with E-state index >= 15 is 0 Å². The first-order valence-corrected chi connectivity index (χ1v) is 11.1. The predicted octanol–water partition coefficient (Wildman–Crippen LogP) is 7.16. The van der Waals surface area contributed by atoms with E-state index in [4.69, 9.17) is 7.85 Å². The van der Waals surface area contributed by atoms with Gasteiger partial charge in [0.25, 0.3) is 0 Å². The third kappa shape index (κ3) is 4.34. The van der Waals surface area contributed by atoms with Crippen LogP contribution in [0.2, 0.25) is 5.82 Å². The highest BCUT2D eigenvalue weighted by molar-refractivity contribution is 6.11. The molecule has 0 spiro atoms. The van der Waals surface area contributed by atoms with Gasteiger partial charge in [-0.25, -0.2) is 0 Å². The Morgan fingerprint density at radius 2 is 0.960 bits per heavy atom. The van der Waals surface area contributed by atoms with Gasteiger partial charge in [-0.2, -0.15) is 0 Å². The molecular weight excluding hydrogens is 299 g/mol. The van der Waals surface area contributed by atoms with Gasteiger partial charge in [-0.1, -0.05) is 75.0 Å². The minimum atomic E-state index is 0.454. The molecule has 0 N–H and O–H groups in total. The molecule has 134 valence electrons. The molecule has 3 aliphatic carbocycles. The van der Waals surface area contributed by atoms with Crippen molar-refractivity contribution in [2.24, 2.45) is 11.8 Å². The fraction of sp³-hybridized carbons (Fsp3) is 0.750. The van der Waals surface area contributed by atoms with Crippen LogP contribution in [0.3, 0.4) is 0 Å². The molecule has 3 saturated carbocycles. The maximum atomic E-state index is 6.06. The van der Waals surface area contributed by atoms with Gasteiger partial charge in [0, 0.05) is 0 Å². The number of hydrogen-bond donors (Lipinski definition) is 0. The van der Waals surface area contributed by atoms with Crippen molar-refractivity contribution < 1.29 is 0 Å². The monoisotopic (exact) mass is 334 g/mol. The molecule has 3 fully saturated rings. The summed E-state index contributed by atoms with van der Waals surface area (Å²) in [4.78, 5) is 0. The van der Waals surface area contributed by atoms with E-state index in [1.54, 1.807) is 11.1 Å². The molecule has 0 heterocycles. The molecule has 1 aromatic rings. The highest BCUT2D eigenvalue weighted by Gasteiger charge is 2.29. The van der Waals surface area contributed by atoms with Gasteiger partial charge in [-0.3, -0.25) is 0 Å². The Balaban J connectivity index is 1.30. The molecule has 0 atom stereocenters. The second-order valence-electron chi connectivity index (χ2n) is 9.29. The molecule has 0 saturated heterocycles. The Kier molecular flexibility index (Phi) is 5.88. The molecule has 1 heteroatoms. The summed E-state index contributed by atoms with van der Waals surface area (Å²) in [5, 5.41) is 0. The minimum Gasteiger partial charge on any atom is -0.0773 e. The lowest BCUT2D eigenvalue weighted by atomic mass is 9.69. The van der Waals surface area contributed by atoms with E-state index in [-0.39, 0.29) is 0 Å². The molecule has 3 aliphatic rings. The van der Waals surface area contributed by atoms with Gasteiger partial charge in [-0.15, -0.1) is 0 Å². The normalized spacial score (nSPS) is 34.7. The number of hydrogen-bond acceptors (Lipinski definition) is 0. The van der Waals surface area contributed by atoms with E-state index in [9.17, 15) is 0 Å². The Morgan fingerprint density at radius 1 is 0.520 bits per heavy atom. The summed E-state index contributed by atoms with van der Waals surface area (Å²) in [6.45, 7) is 0.